The van der Waals surface area contributed by atoms with E-state index in [4.69, 9.17) is 0 Å². The number of nitrogens with zero attached hydrogens (tertiary/aromatic N) is 3. The van der Waals surface area contributed by atoms with Crippen molar-refractivity contribution < 1.29 is 13.2 Å². The quantitative estimate of drug-likeness (QED) is 0.792. The number of benzene rings is 1. The van der Waals surface area contributed by atoms with Crippen molar-refractivity contribution in [2.75, 3.05) is 24.6 Å². The molecule has 150 valence electrons. The van der Waals surface area contributed by atoms with Gasteiger partial charge >= 0.3 is 0 Å². The third-order valence-electron chi connectivity index (χ3n) is 5.75. The number of carbonyl (C=O) groups excluding carboxylic acids is 1. The fourth-order valence-electron chi connectivity index (χ4n) is 4.12. The first-order chi connectivity index (χ1) is 13.4. The molecule has 1 unspecified atom stereocenters. The van der Waals surface area contributed by atoms with Gasteiger partial charge < -0.3 is 4.90 Å². The molecule has 2 aliphatic heterocycles. The second kappa shape index (κ2) is 7.70. The summed E-state index contributed by atoms with van der Waals surface area (Å²) >= 11 is 0. The van der Waals surface area contributed by atoms with E-state index in [0.717, 1.165) is 55.6 Å². The van der Waals surface area contributed by atoms with E-state index in [1.807, 2.05) is 42.2 Å². The zero-order chi connectivity index (χ0) is 19.7. The van der Waals surface area contributed by atoms with Crippen molar-refractivity contribution in [1.29, 1.82) is 0 Å². The van der Waals surface area contributed by atoms with E-state index in [-0.39, 0.29) is 23.5 Å². The minimum absolute atomic E-state index is 0.0464. The molecule has 1 atom stereocenters. The van der Waals surface area contributed by atoms with E-state index >= 15 is 0 Å². The highest BCUT2D eigenvalue weighted by molar-refractivity contribution is 7.91. The third-order valence-corrected chi connectivity index (χ3v) is 7.50. The predicted molar refractivity (Wildman–Crippen MR) is 109 cm³/mol. The molecule has 2 fully saturated rings. The molecule has 2 saturated heterocycles. The molecule has 1 amide bonds. The first kappa shape index (κ1) is 19.2. The van der Waals surface area contributed by atoms with Gasteiger partial charge in [0.25, 0.3) is 5.91 Å². The Morgan fingerprint density at radius 1 is 1.07 bits per heavy atom. The van der Waals surface area contributed by atoms with Gasteiger partial charge in [0, 0.05) is 13.1 Å². The van der Waals surface area contributed by atoms with Crippen molar-refractivity contribution in [2.45, 2.75) is 45.1 Å². The molecule has 0 radical (unpaired) electrons. The smallest absolute Gasteiger partial charge is 0.274 e. The van der Waals surface area contributed by atoms with Crippen LogP contribution in [-0.4, -0.2) is 53.6 Å². The first-order valence-electron chi connectivity index (χ1n) is 10.1. The molecule has 2 aliphatic rings. The number of aryl methyl sites for hydroxylation is 1. The molecule has 7 heteroatoms. The van der Waals surface area contributed by atoms with Gasteiger partial charge in [-0.3, -0.25) is 9.48 Å². The summed E-state index contributed by atoms with van der Waals surface area (Å²) in [6, 6.07) is 9.68. The summed E-state index contributed by atoms with van der Waals surface area (Å²) in [6.45, 7) is 3.56. The summed E-state index contributed by atoms with van der Waals surface area (Å²) in [4.78, 5) is 15.0. The van der Waals surface area contributed by atoms with Gasteiger partial charge in [-0.05, 0) is 37.8 Å². The Bertz CT molecular complexity index is 955. The fourth-order valence-corrected chi connectivity index (χ4v) is 5.81. The highest BCUT2D eigenvalue weighted by Crippen LogP contribution is 2.30. The molecule has 0 aliphatic carbocycles. The van der Waals surface area contributed by atoms with Crippen LogP contribution in [-0.2, 0) is 9.84 Å². The SMILES string of the molecule is Cc1ccc(-c2cc(C(=O)N3CCCCCC3)nn2C2CCS(=O)(=O)C2)cc1. The van der Waals surface area contributed by atoms with Crippen molar-refractivity contribution in [1.82, 2.24) is 14.7 Å². The summed E-state index contributed by atoms with van der Waals surface area (Å²) < 4.78 is 25.8. The average molecular weight is 402 g/mol. The van der Waals surface area contributed by atoms with Crippen molar-refractivity contribution in [3.05, 3.63) is 41.6 Å². The lowest BCUT2D eigenvalue weighted by atomic mass is 10.1. The number of carbonyl (C=O) groups is 1. The summed E-state index contributed by atoms with van der Waals surface area (Å²) in [5.41, 5.74) is 3.35. The molecule has 3 heterocycles. The van der Waals surface area contributed by atoms with Gasteiger partial charge in [0.05, 0.1) is 23.2 Å². The van der Waals surface area contributed by atoms with E-state index in [1.165, 1.54) is 0 Å². The van der Waals surface area contributed by atoms with Crippen molar-refractivity contribution in [3.63, 3.8) is 0 Å². The van der Waals surface area contributed by atoms with Gasteiger partial charge in [-0.2, -0.15) is 5.10 Å². The molecule has 28 heavy (non-hydrogen) atoms. The summed E-state index contributed by atoms with van der Waals surface area (Å²) in [6.07, 6.45) is 4.91. The maximum Gasteiger partial charge on any atom is 0.274 e. The summed E-state index contributed by atoms with van der Waals surface area (Å²) in [5, 5.41) is 4.62. The van der Waals surface area contributed by atoms with E-state index in [1.54, 1.807) is 4.68 Å². The molecule has 6 nitrogen and oxygen atoms in total. The van der Waals surface area contributed by atoms with Crippen LogP contribution < -0.4 is 0 Å². The lowest BCUT2D eigenvalue weighted by molar-refractivity contribution is 0.0754. The number of hydrogen-bond donors (Lipinski definition) is 0. The lowest BCUT2D eigenvalue weighted by Gasteiger charge is -2.18. The molecule has 4 rings (SSSR count). The highest BCUT2D eigenvalue weighted by atomic mass is 32.2. The van der Waals surface area contributed by atoms with Crippen LogP contribution in [0.4, 0.5) is 0 Å². The molecular weight excluding hydrogens is 374 g/mol. The zero-order valence-electron chi connectivity index (χ0n) is 16.3. The van der Waals surface area contributed by atoms with Crippen LogP contribution in [0.3, 0.4) is 0 Å². The van der Waals surface area contributed by atoms with Crippen LogP contribution in [0.1, 0.15) is 54.2 Å². The fraction of sp³-hybridized carbons (Fsp3) is 0.524. The summed E-state index contributed by atoms with van der Waals surface area (Å²) in [5.74, 6) is 0.223. The van der Waals surface area contributed by atoms with Gasteiger partial charge in [0.15, 0.2) is 15.5 Å². The predicted octanol–water partition coefficient (Wildman–Crippen LogP) is 3.23. The van der Waals surface area contributed by atoms with Crippen molar-refractivity contribution in [3.8, 4) is 11.3 Å². The number of aromatic nitrogens is 2. The van der Waals surface area contributed by atoms with E-state index in [9.17, 15) is 13.2 Å². The van der Waals surface area contributed by atoms with Crippen molar-refractivity contribution >= 4 is 15.7 Å². The van der Waals surface area contributed by atoms with Crippen LogP contribution in [0.5, 0.6) is 0 Å². The van der Waals surface area contributed by atoms with Gasteiger partial charge in [0.1, 0.15) is 0 Å². The molecular formula is C21H27N3O3S. The van der Waals surface area contributed by atoms with Crippen LogP contribution in [0.15, 0.2) is 30.3 Å². The topological polar surface area (TPSA) is 72.3 Å². The Hall–Kier alpha value is -2.15. The van der Waals surface area contributed by atoms with Crippen LogP contribution in [0.2, 0.25) is 0 Å². The minimum atomic E-state index is -3.04. The Morgan fingerprint density at radius 2 is 1.75 bits per heavy atom. The second-order valence-electron chi connectivity index (χ2n) is 7.99. The largest absolute Gasteiger partial charge is 0.337 e. The Morgan fingerprint density at radius 3 is 2.36 bits per heavy atom. The van der Waals surface area contributed by atoms with Crippen LogP contribution in [0.25, 0.3) is 11.3 Å². The normalized spacial score (nSPS) is 22.2. The molecule has 0 bridgehead atoms. The molecule has 0 N–H and O–H groups in total. The molecule has 1 aromatic carbocycles. The van der Waals surface area contributed by atoms with Crippen LogP contribution >= 0.6 is 0 Å². The molecule has 1 aromatic heterocycles. The van der Waals surface area contributed by atoms with E-state index < -0.39 is 9.84 Å². The van der Waals surface area contributed by atoms with Crippen LogP contribution in [0, 0.1) is 6.92 Å². The Labute approximate surface area is 166 Å². The van der Waals surface area contributed by atoms with Crippen molar-refractivity contribution in [2.24, 2.45) is 0 Å². The van der Waals surface area contributed by atoms with E-state index in [2.05, 4.69) is 5.10 Å². The Kier molecular flexibility index (Phi) is 5.27. The van der Waals surface area contributed by atoms with Gasteiger partial charge in [-0.1, -0.05) is 42.7 Å². The van der Waals surface area contributed by atoms with Gasteiger partial charge in [0.2, 0.25) is 0 Å². The number of amides is 1. The molecule has 0 saturated carbocycles. The second-order valence-corrected chi connectivity index (χ2v) is 10.2. The zero-order valence-corrected chi connectivity index (χ0v) is 17.1. The number of sulfone groups is 1. The average Bonchev–Trinajstić information content (AvgIpc) is 3.15. The number of hydrogen-bond acceptors (Lipinski definition) is 4. The minimum Gasteiger partial charge on any atom is -0.337 e. The maximum atomic E-state index is 13.1. The van der Waals surface area contributed by atoms with Gasteiger partial charge in [-0.25, -0.2) is 8.42 Å². The third kappa shape index (κ3) is 3.99. The highest BCUT2D eigenvalue weighted by Gasteiger charge is 2.32. The van der Waals surface area contributed by atoms with E-state index in [0.29, 0.717) is 12.1 Å². The monoisotopic (exact) mass is 401 g/mol. The lowest BCUT2D eigenvalue weighted by Crippen LogP contribution is -2.32. The summed E-state index contributed by atoms with van der Waals surface area (Å²) in [7, 11) is -3.04. The standard InChI is InChI=1S/C21H27N3O3S/c1-16-6-8-17(9-7-16)20-14-19(21(25)23-11-4-2-3-5-12-23)22-24(20)18-10-13-28(26,27)15-18/h6-9,14,18H,2-5,10-13,15H2,1H3. The Balaban J connectivity index is 1.71. The molecule has 2 aromatic rings. The number of rotatable bonds is 3. The first-order valence-corrected chi connectivity index (χ1v) is 11.9. The van der Waals surface area contributed by atoms with Gasteiger partial charge in [-0.15, -0.1) is 0 Å². The molecule has 0 spiro atoms. The number of likely N-dealkylation sites (tertiary alicyclic amines) is 1. The maximum absolute atomic E-state index is 13.1.